The molecule has 176 valence electrons. The number of hydrogen-bond acceptors (Lipinski definition) is 7. The number of benzene rings is 2. The van der Waals surface area contributed by atoms with E-state index in [-0.39, 0.29) is 10.8 Å². The number of hydrogen-bond donors (Lipinski definition) is 2. The normalized spacial score (nSPS) is 18.8. The SMILES string of the molecule is COc1ccc(N2CC(C)NC(C)C2)cc1NCS(=O)(=O)c1ccc(-c2ccc(C)o2)cc1. The van der Waals surface area contributed by atoms with Gasteiger partial charge in [0.15, 0.2) is 9.84 Å². The van der Waals surface area contributed by atoms with Crippen LogP contribution in [-0.4, -0.2) is 46.6 Å². The standard InChI is InChI=1S/C25H31N3O4S/c1-17-14-28(15-18(2)27-17)21-8-12-25(31-4)23(13-21)26-16-33(29,30)22-9-6-20(7-10-22)24-11-5-19(3)32-24/h5-13,17-18,26-27H,14-16H2,1-4H3. The van der Waals surface area contributed by atoms with Crippen LogP contribution in [0.15, 0.2) is 63.9 Å². The second kappa shape index (κ2) is 9.49. The van der Waals surface area contributed by atoms with E-state index in [1.807, 2.05) is 37.3 Å². The second-order valence-electron chi connectivity index (χ2n) is 8.63. The summed E-state index contributed by atoms with van der Waals surface area (Å²) in [6.07, 6.45) is 0. The van der Waals surface area contributed by atoms with Crippen molar-refractivity contribution >= 4 is 21.2 Å². The zero-order valence-electron chi connectivity index (χ0n) is 19.5. The van der Waals surface area contributed by atoms with Crippen LogP contribution in [0.1, 0.15) is 19.6 Å². The Kier molecular flexibility index (Phi) is 6.67. The second-order valence-corrected chi connectivity index (χ2v) is 10.6. The molecule has 1 fully saturated rings. The molecule has 0 aliphatic carbocycles. The first-order valence-electron chi connectivity index (χ1n) is 11.1. The number of sulfone groups is 1. The molecule has 2 atom stereocenters. The van der Waals surface area contributed by atoms with Gasteiger partial charge >= 0.3 is 0 Å². The Hall–Kier alpha value is -2.97. The Morgan fingerprint density at radius 1 is 1.06 bits per heavy atom. The van der Waals surface area contributed by atoms with Crippen LogP contribution in [0.4, 0.5) is 11.4 Å². The molecule has 1 aliphatic heterocycles. The minimum atomic E-state index is -3.55. The summed E-state index contributed by atoms with van der Waals surface area (Å²) in [4.78, 5) is 2.56. The molecule has 0 amide bonds. The van der Waals surface area contributed by atoms with E-state index in [4.69, 9.17) is 9.15 Å². The van der Waals surface area contributed by atoms with Gasteiger partial charge in [-0.05, 0) is 75.4 Å². The Morgan fingerprint density at radius 2 is 1.76 bits per heavy atom. The number of rotatable bonds is 7. The first-order valence-corrected chi connectivity index (χ1v) is 12.7. The summed E-state index contributed by atoms with van der Waals surface area (Å²) < 4.78 is 37.1. The van der Waals surface area contributed by atoms with E-state index in [1.165, 1.54) is 0 Å². The maximum Gasteiger partial charge on any atom is 0.196 e. The topological polar surface area (TPSA) is 83.8 Å². The zero-order valence-corrected chi connectivity index (χ0v) is 20.3. The highest BCUT2D eigenvalue weighted by Gasteiger charge is 2.22. The van der Waals surface area contributed by atoms with E-state index in [0.29, 0.717) is 29.3 Å². The molecule has 2 N–H and O–H groups in total. The number of anilines is 2. The summed E-state index contributed by atoms with van der Waals surface area (Å²) >= 11 is 0. The number of piperazine rings is 1. The average molecular weight is 470 g/mol. The zero-order chi connectivity index (χ0) is 23.6. The monoisotopic (exact) mass is 469 g/mol. The molecule has 0 bridgehead atoms. The molecule has 1 aromatic heterocycles. The Balaban J connectivity index is 1.50. The van der Waals surface area contributed by atoms with Crippen LogP contribution in [0.2, 0.25) is 0 Å². The van der Waals surface area contributed by atoms with Crippen molar-refractivity contribution in [2.24, 2.45) is 0 Å². The number of aryl methyl sites for hydroxylation is 1. The van der Waals surface area contributed by atoms with Crippen molar-refractivity contribution in [2.45, 2.75) is 37.8 Å². The minimum Gasteiger partial charge on any atom is -0.495 e. The number of nitrogens with one attached hydrogen (secondary N) is 2. The maximum absolute atomic E-state index is 13.0. The van der Waals surface area contributed by atoms with Crippen molar-refractivity contribution in [3.63, 3.8) is 0 Å². The first-order chi connectivity index (χ1) is 15.7. The molecule has 1 saturated heterocycles. The van der Waals surface area contributed by atoms with Crippen molar-refractivity contribution in [3.8, 4) is 17.1 Å². The first kappa shape index (κ1) is 23.2. The van der Waals surface area contributed by atoms with E-state index in [9.17, 15) is 8.42 Å². The van der Waals surface area contributed by atoms with Gasteiger partial charge in [0, 0.05) is 36.4 Å². The lowest BCUT2D eigenvalue weighted by molar-refractivity contribution is 0.406. The summed E-state index contributed by atoms with van der Waals surface area (Å²) in [5.41, 5.74) is 2.53. The molecule has 1 aliphatic rings. The fourth-order valence-corrected chi connectivity index (χ4v) is 5.30. The lowest BCUT2D eigenvalue weighted by Gasteiger charge is -2.38. The molecule has 0 spiro atoms. The lowest BCUT2D eigenvalue weighted by atomic mass is 10.1. The number of furan rings is 1. The molecule has 4 rings (SSSR count). The van der Waals surface area contributed by atoms with E-state index in [0.717, 1.165) is 30.1 Å². The minimum absolute atomic E-state index is 0.236. The van der Waals surface area contributed by atoms with E-state index < -0.39 is 9.84 Å². The highest BCUT2D eigenvalue weighted by atomic mass is 32.2. The molecule has 0 radical (unpaired) electrons. The highest BCUT2D eigenvalue weighted by molar-refractivity contribution is 7.91. The van der Waals surface area contributed by atoms with Gasteiger partial charge in [-0.15, -0.1) is 0 Å². The van der Waals surface area contributed by atoms with Crippen LogP contribution in [-0.2, 0) is 9.84 Å². The Morgan fingerprint density at radius 3 is 2.36 bits per heavy atom. The molecule has 33 heavy (non-hydrogen) atoms. The number of nitrogens with zero attached hydrogens (tertiary/aromatic N) is 1. The van der Waals surface area contributed by atoms with Gasteiger partial charge in [-0.25, -0.2) is 8.42 Å². The number of methoxy groups -OCH3 is 1. The average Bonchev–Trinajstić information content (AvgIpc) is 3.23. The molecule has 7 nitrogen and oxygen atoms in total. The van der Waals surface area contributed by atoms with Crippen LogP contribution < -0.4 is 20.3 Å². The van der Waals surface area contributed by atoms with Crippen LogP contribution in [0, 0.1) is 6.92 Å². The third kappa shape index (κ3) is 5.34. The smallest absolute Gasteiger partial charge is 0.196 e. The quantitative estimate of drug-likeness (QED) is 0.534. The maximum atomic E-state index is 13.0. The molecule has 2 aromatic carbocycles. The van der Waals surface area contributed by atoms with Crippen molar-refractivity contribution < 1.29 is 17.6 Å². The lowest BCUT2D eigenvalue weighted by Crippen LogP contribution is -2.54. The molecule has 3 aromatic rings. The Labute approximate surface area is 195 Å². The fourth-order valence-electron chi connectivity index (χ4n) is 4.24. The fraction of sp³-hybridized carbons (Fsp3) is 0.360. The van der Waals surface area contributed by atoms with Crippen molar-refractivity contribution in [2.75, 3.05) is 36.3 Å². The summed E-state index contributed by atoms with van der Waals surface area (Å²) in [6.45, 7) is 7.97. The third-order valence-electron chi connectivity index (χ3n) is 5.80. The molecular weight excluding hydrogens is 438 g/mol. The number of ether oxygens (including phenoxy) is 1. The summed E-state index contributed by atoms with van der Waals surface area (Å²) in [5.74, 6) is 1.90. The molecule has 2 unspecified atom stereocenters. The Bertz CT molecular complexity index is 1190. The van der Waals surface area contributed by atoms with Gasteiger partial charge in [0.2, 0.25) is 0 Å². The predicted molar refractivity (Wildman–Crippen MR) is 132 cm³/mol. The van der Waals surface area contributed by atoms with Gasteiger partial charge in [0.25, 0.3) is 0 Å². The van der Waals surface area contributed by atoms with Crippen LogP contribution in [0.5, 0.6) is 5.75 Å². The molecule has 8 heteroatoms. The van der Waals surface area contributed by atoms with Gasteiger partial charge in [-0.2, -0.15) is 0 Å². The molecule has 2 heterocycles. The largest absolute Gasteiger partial charge is 0.495 e. The van der Waals surface area contributed by atoms with Crippen molar-refractivity contribution in [3.05, 3.63) is 60.4 Å². The summed E-state index contributed by atoms with van der Waals surface area (Å²) in [7, 11) is -1.97. The highest BCUT2D eigenvalue weighted by Crippen LogP contribution is 2.31. The third-order valence-corrected chi connectivity index (χ3v) is 7.31. The van der Waals surface area contributed by atoms with Crippen LogP contribution in [0.3, 0.4) is 0 Å². The van der Waals surface area contributed by atoms with Crippen molar-refractivity contribution in [1.82, 2.24) is 5.32 Å². The van der Waals surface area contributed by atoms with Gasteiger partial charge in [-0.1, -0.05) is 0 Å². The van der Waals surface area contributed by atoms with E-state index >= 15 is 0 Å². The van der Waals surface area contributed by atoms with Gasteiger partial charge in [-0.3, -0.25) is 0 Å². The van der Waals surface area contributed by atoms with Crippen molar-refractivity contribution in [1.29, 1.82) is 0 Å². The van der Waals surface area contributed by atoms with Gasteiger partial charge in [0.1, 0.15) is 23.1 Å². The van der Waals surface area contributed by atoms with Crippen LogP contribution in [0.25, 0.3) is 11.3 Å². The molecular formula is C25H31N3O4S. The van der Waals surface area contributed by atoms with Gasteiger partial charge in [0.05, 0.1) is 17.7 Å². The predicted octanol–water partition coefficient (Wildman–Crippen LogP) is 4.29. The molecule has 0 saturated carbocycles. The van der Waals surface area contributed by atoms with Crippen LogP contribution >= 0.6 is 0 Å². The summed E-state index contributed by atoms with van der Waals surface area (Å²) in [6, 6.07) is 17.1. The van der Waals surface area contributed by atoms with E-state index in [2.05, 4.69) is 29.4 Å². The summed E-state index contributed by atoms with van der Waals surface area (Å²) in [5, 5.41) is 6.61. The van der Waals surface area contributed by atoms with E-state index in [1.54, 1.807) is 31.4 Å². The van der Waals surface area contributed by atoms with Gasteiger partial charge < -0.3 is 24.7 Å².